The Morgan fingerprint density at radius 1 is 1.16 bits per heavy atom. The van der Waals surface area contributed by atoms with Crippen LogP contribution in [0, 0.1) is 23.2 Å². The second-order valence-electron chi connectivity index (χ2n) is 5.90. The molecule has 0 heterocycles. The molecule has 0 amide bonds. The van der Waals surface area contributed by atoms with E-state index in [0.717, 1.165) is 30.5 Å². The molecule has 0 aliphatic heterocycles. The summed E-state index contributed by atoms with van der Waals surface area (Å²) in [6.07, 6.45) is 6.98. The van der Waals surface area contributed by atoms with Gasteiger partial charge in [-0.25, -0.2) is 0 Å². The van der Waals surface area contributed by atoms with E-state index in [2.05, 4.69) is 18.3 Å². The Morgan fingerprint density at radius 2 is 1.84 bits per heavy atom. The van der Waals surface area contributed by atoms with E-state index in [9.17, 15) is 0 Å². The average molecular weight is 256 g/mol. The summed E-state index contributed by atoms with van der Waals surface area (Å²) in [6.45, 7) is 4.40. The summed E-state index contributed by atoms with van der Waals surface area (Å²) in [5, 5.41) is 12.3. The molecule has 1 saturated carbocycles. The van der Waals surface area contributed by atoms with E-state index in [4.69, 9.17) is 5.26 Å². The molecule has 0 saturated heterocycles. The third kappa shape index (κ3) is 4.69. The molecule has 1 aliphatic rings. The molecule has 0 atom stereocenters. The van der Waals surface area contributed by atoms with Crippen molar-refractivity contribution < 1.29 is 0 Å². The van der Waals surface area contributed by atoms with Gasteiger partial charge in [0.1, 0.15) is 0 Å². The zero-order chi connectivity index (χ0) is 13.5. The smallest absolute Gasteiger partial charge is 0.0991 e. The summed E-state index contributed by atoms with van der Waals surface area (Å²) in [6, 6.07) is 10.00. The number of nitriles is 1. The third-order valence-electron chi connectivity index (χ3n) is 4.28. The van der Waals surface area contributed by atoms with E-state index >= 15 is 0 Å². The number of benzene rings is 1. The molecule has 1 aromatic carbocycles. The first-order valence-electron chi connectivity index (χ1n) is 7.47. The van der Waals surface area contributed by atoms with Crippen LogP contribution in [0.25, 0.3) is 0 Å². The second kappa shape index (κ2) is 7.31. The third-order valence-corrected chi connectivity index (χ3v) is 4.28. The highest BCUT2D eigenvalue weighted by Gasteiger charge is 2.17. The minimum absolute atomic E-state index is 0.736. The van der Waals surface area contributed by atoms with Crippen molar-refractivity contribution in [2.75, 3.05) is 6.54 Å². The molecule has 0 aromatic heterocycles. The van der Waals surface area contributed by atoms with Gasteiger partial charge in [0, 0.05) is 6.54 Å². The number of hydrogen-bond acceptors (Lipinski definition) is 2. The molecule has 2 heteroatoms. The fourth-order valence-corrected chi connectivity index (χ4v) is 2.85. The molecule has 1 N–H and O–H groups in total. The van der Waals surface area contributed by atoms with Gasteiger partial charge in [-0.2, -0.15) is 5.26 Å². The summed E-state index contributed by atoms with van der Waals surface area (Å²) < 4.78 is 0. The maximum absolute atomic E-state index is 8.74. The van der Waals surface area contributed by atoms with Crippen LogP contribution in [0.15, 0.2) is 24.3 Å². The zero-order valence-electron chi connectivity index (χ0n) is 11.9. The molecule has 1 aromatic rings. The Morgan fingerprint density at radius 3 is 2.47 bits per heavy atom. The molecule has 19 heavy (non-hydrogen) atoms. The van der Waals surface area contributed by atoms with E-state index in [0.29, 0.717) is 0 Å². The first kappa shape index (κ1) is 14.1. The van der Waals surface area contributed by atoms with Crippen molar-refractivity contribution in [3.05, 3.63) is 35.4 Å². The van der Waals surface area contributed by atoms with Crippen molar-refractivity contribution in [1.29, 1.82) is 5.26 Å². The molecular formula is C17H24N2. The molecule has 0 bridgehead atoms. The number of nitrogens with zero attached hydrogens (tertiary/aromatic N) is 1. The van der Waals surface area contributed by atoms with Gasteiger partial charge in [-0.05, 0) is 42.5 Å². The number of rotatable bonds is 5. The molecule has 2 nitrogen and oxygen atoms in total. The van der Waals surface area contributed by atoms with Crippen LogP contribution in [-0.4, -0.2) is 6.54 Å². The molecule has 1 aliphatic carbocycles. The Kier molecular flexibility index (Phi) is 5.42. The Balaban J connectivity index is 1.62. The van der Waals surface area contributed by atoms with E-state index in [1.807, 2.05) is 24.3 Å². The van der Waals surface area contributed by atoms with Gasteiger partial charge < -0.3 is 5.32 Å². The fourth-order valence-electron chi connectivity index (χ4n) is 2.85. The predicted octanol–water partition coefficient (Wildman–Crippen LogP) is 3.86. The molecule has 1 fully saturated rings. The van der Waals surface area contributed by atoms with E-state index < -0.39 is 0 Å². The maximum Gasteiger partial charge on any atom is 0.0991 e. The SMILES string of the molecule is CC1CCC(CCNCc2ccc(C#N)cc2)CC1. The lowest BCUT2D eigenvalue weighted by Crippen LogP contribution is -2.20. The van der Waals surface area contributed by atoms with Gasteiger partial charge in [0.25, 0.3) is 0 Å². The average Bonchev–Trinajstić information content (AvgIpc) is 2.46. The number of hydrogen-bond donors (Lipinski definition) is 1. The summed E-state index contributed by atoms with van der Waals surface area (Å²) >= 11 is 0. The normalized spacial score (nSPS) is 22.9. The van der Waals surface area contributed by atoms with Crippen molar-refractivity contribution >= 4 is 0 Å². The lowest BCUT2D eigenvalue weighted by molar-refractivity contribution is 0.275. The largest absolute Gasteiger partial charge is 0.313 e. The van der Waals surface area contributed by atoms with Crippen LogP contribution in [0.2, 0.25) is 0 Å². The molecular weight excluding hydrogens is 232 g/mol. The van der Waals surface area contributed by atoms with Crippen molar-refractivity contribution in [3.8, 4) is 6.07 Å². The highest BCUT2D eigenvalue weighted by Crippen LogP contribution is 2.29. The Labute approximate surface area is 116 Å². The molecule has 0 spiro atoms. The van der Waals surface area contributed by atoms with Crippen LogP contribution in [0.5, 0.6) is 0 Å². The van der Waals surface area contributed by atoms with Gasteiger partial charge in [-0.15, -0.1) is 0 Å². The van der Waals surface area contributed by atoms with Crippen molar-refractivity contribution in [2.45, 2.75) is 45.6 Å². The maximum atomic E-state index is 8.74. The molecule has 0 radical (unpaired) electrons. The van der Waals surface area contributed by atoms with Gasteiger partial charge in [-0.3, -0.25) is 0 Å². The van der Waals surface area contributed by atoms with Crippen LogP contribution in [-0.2, 0) is 6.54 Å². The minimum atomic E-state index is 0.736. The quantitative estimate of drug-likeness (QED) is 0.812. The number of nitrogens with one attached hydrogen (secondary N) is 1. The Bertz CT molecular complexity index is 408. The summed E-state index contributed by atoms with van der Waals surface area (Å²) in [5.74, 6) is 1.88. The first-order valence-corrected chi connectivity index (χ1v) is 7.47. The van der Waals surface area contributed by atoms with Crippen LogP contribution in [0.4, 0.5) is 0 Å². The highest BCUT2D eigenvalue weighted by atomic mass is 14.8. The van der Waals surface area contributed by atoms with Crippen molar-refractivity contribution in [2.24, 2.45) is 11.8 Å². The van der Waals surface area contributed by atoms with E-state index in [1.54, 1.807) is 0 Å². The molecule has 2 rings (SSSR count). The first-order chi connectivity index (χ1) is 9.28. The van der Waals surface area contributed by atoms with E-state index in [-0.39, 0.29) is 0 Å². The van der Waals surface area contributed by atoms with Crippen LogP contribution in [0.1, 0.15) is 50.2 Å². The fraction of sp³-hybridized carbons (Fsp3) is 0.588. The summed E-state index contributed by atoms with van der Waals surface area (Å²) in [5.41, 5.74) is 2.00. The standard InChI is InChI=1S/C17H24N2/c1-14-2-4-15(5-3-14)10-11-19-13-17-8-6-16(12-18)7-9-17/h6-9,14-15,19H,2-5,10-11,13H2,1H3. The lowest BCUT2D eigenvalue weighted by atomic mass is 9.81. The summed E-state index contributed by atoms with van der Waals surface area (Å²) in [7, 11) is 0. The van der Waals surface area contributed by atoms with Gasteiger partial charge in [0.15, 0.2) is 0 Å². The molecule has 0 unspecified atom stereocenters. The van der Waals surface area contributed by atoms with E-state index in [1.165, 1.54) is 37.7 Å². The zero-order valence-corrected chi connectivity index (χ0v) is 11.9. The summed E-state index contributed by atoms with van der Waals surface area (Å²) in [4.78, 5) is 0. The van der Waals surface area contributed by atoms with Gasteiger partial charge in [-0.1, -0.05) is 44.7 Å². The van der Waals surface area contributed by atoms with Gasteiger partial charge >= 0.3 is 0 Å². The van der Waals surface area contributed by atoms with Crippen molar-refractivity contribution in [3.63, 3.8) is 0 Å². The predicted molar refractivity (Wildman–Crippen MR) is 78.6 cm³/mol. The van der Waals surface area contributed by atoms with Gasteiger partial charge in [0.2, 0.25) is 0 Å². The topological polar surface area (TPSA) is 35.8 Å². The van der Waals surface area contributed by atoms with Gasteiger partial charge in [0.05, 0.1) is 11.6 Å². The van der Waals surface area contributed by atoms with Crippen molar-refractivity contribution in [1.82, 2.24) is 5.32 Å². The molecule has 102 valence electrons. The lowest BCUT2D eigenvalue weighted by Gasteiger charge is -2.26. The highest BCUT2D eigenvalue weighted by molar-refractivity contribution is 5.31. The van der Waals surface area contributed by atoms with Crippen LogP contribution in [0.3, 0.4) is 0 Å². The second-order valence-corrected chi connectivity index (χ2v) is 5.90. The van der Waals surface area contributed by atoms with Crippen LogP contribution < -0.4 is 5.32 Å². The Hall–Kier alpha value is -1.33. The monoisotopic (exact) mass is 256 g/mol. The van der Waals surface area contributed by atoms with Crippen LogP contribution >= 0.6 is 0 Å². The minimum Gasteiger partial charge on any atom is -0.313 e.